The Labute approximate surface area is 657 Å². The van der Waals surface area contributed by atoms with Crippen molar-refractivity contribution in [1.82, 2.24) is 84.4 Å². The number of carboxylic acid groups (broad SMARTS) is 2. The first kappa shape index (κ1) is 98.9. The van der Waals surface area contributed by atoms with Crippen LogP contribution in [0.4, 0.5) is 0 Å². The Balaban J connectivity index is 2.31. The molecule has 0 saturated carbocycles. The fourth-order valence-corrected chi connectivity index (χ4v) is 10.8. The molecule has 0 saturated heterocycles. The fourth-order valence-electron chi connectivity index (χ4n) is 10.8. The molecule has 0 unspecified atom stereocenters. The van der Waals surface area contributed by atoms with Gasteiger partial charge in [-0.2, -0.15) is 0 Å². The van der Waals surface area contributed by atoms with Gasteiger partial charge in [0.1, 0.15) is 84.3 Å². The minimum absolute atomic E-state index is 0.000864. The number of carbonyl (C=O) groups is 16. The van der Waals surface area contributed by atoms with Crippen molar-refractivity contribution >= 4 is 101 Å². The Bertz CT molecular complexity index is 3620. The highest BCUT2D eigenvalue weighted by molar-refractivity contribution is 6.01. The van der Waals surface area contributed by atoms with Crippen LogP contribution < -0.4 is 91.6 Å². The largest absolute Gasteiger partial charge is 0.508 e. The van der Waals surface area contributed by atoms with Crippen molar-refractivity contribution in [3.63, 3.8) is 0 Å². The molecule has 0 aliphatic rings. The van der Waals surface area contributed by atoms with Gasteiger partial charge in [-0.05, 0) is 109 Å². The van der Waals surface area contributed by atoms with E-state index in [9.17, 15) is 118 Å². The molecule has 1 aromatic heterocycles. The van der Waals surface area contributed by atoms with Crippen molar-refractivity contribution in [1.29, 1.82) is 0 Å². The van der Waals surface area contributed by atoms with E-state index < -0.39 is 235 Å². The Morgan fingerprint density at radius 3 is 1.25 bits per heavy atom. The zero-order valence-corrected chi connectivity index (χ0v) is 65.6. The molecule has 0 spiro atoms. The summed E-state index contributed by atoms with van der Waals surface area (Å²) in [4.78, 5) is 227. The third-order valence-electron chi connectivity index (χ3n) is 17.5. The number of amides is 14. The highest BCUT2D eigenvalue weighted by Crippen LogP contribution is 2.16. The van der Waals surface area contributed by atoms with Crippen molar-refractivity contribution in [2.24, 2.45) is 39.9 Å². The Morgan fingerprint density at radius 1 is 0.447 bits per heavy atom. The fraction of sp³-hybridized carbons (Fsp3) is 0.629. The molecule has 2 aromatic rings. The van der Waals surface area contributed by atoms with Crippen LogP contribution >= 0.6 is 0 Å². The number of aliphatic imine (C=N–C) groups is 1. The zero-order chi connectivity index (χ0) is 86.7. The number of hydrogen-bond donors (Lipinski definition) is 26. The summed E-state index contributed by atoms with van der Waals surface area (Å²) in [6, 6.07) is -18.7. The van der Waals surface area contributed by atoms with Gasteiger partial charge in [0, 0.05) is 24.9 Å². The van der Waals surface area contributed by atoms with Crippen LogP contribution in [0, 0.1) is 17.8 Å². The number of nitrogens with one attached hydrogen (secondary N) is 15. The van der Waals surface area contributed by atoms with Crippen LogP contribution in [0.5, 0.6) is 5.75 Å². The van der Waals surface area contributed by atoms with E-state index in [0.29, 0.717) is 12.0 Å². The second-order valence-electron chi connectivity index (χ2n) is 28.4. The molecule has 0 aliphatic heterocycles. The molecule has 114 heavy (non-hydrogen) atoms. The third kappa shape index (κ3) is 34.4. The van der Waals surface area contributed by atoms with Gasteiger partial charge >= 0.3 is 11.9 Å². The van der Waals surface area contributed by atoms with Crippen LogP contribution in [-0.4, -0.2) is 280 Å². The maximum absolute atomic E-state index is 14.3. The standard InChI is InChI=1S/C70H114N20O24/c1-13-32(6)51(87-58(102)42(71)23-39-16-18-41(96)19-17-39)66(110)79-35(9)57(101)85-48(27-91)64(108)78-33(7)55(99)80-43(15-14-20-75-70(72)73)59(103)86-49(28-92)65(109)84-47(25-50(97)98)62(106)82-44(21-30(2)3)60(104)77-34(8)56(100)81-46(24-40-26-74-29-76-40)61(105)83-45(22-31(4)5)63(107)88-52(36(10)93)67(111)89-53(37(11)94)68(112)90-54(38(12)95)69(113)114/h16-19,26,29-38,42-49,51-54,91-96H,13-15,20-25,27-28,71H2,1-12H3,(H,74,76)(H,77,104)(H,78,108)(H,79,110)(H,80,99)(H,81,100)(H,82,106)(H,83,105)(H,84,109)(H,85,101)(H,86,103)(H,87,102)(H,88,107)(H,89,111)(H,90,112)(H,97,98)(H,113,114)(H4,72,73,75)/t32-,33-,34-,35-,36+,37+,38+,42-,43-,44-,45-,46-,47-,48-,49-,51-,52-,53-,54-/m0/s1. The minimum Gasteiger partial charge on any atom is -0.508 e. The normalized spacial score (nSPS) is 16.2. The van der Waals surface area contributed by atoms with Crippen molar-refractivity contribution in [3.05, 3.63) is 48.0 Å². The molecule has 638 valence electrons. The number of nitrogens with two attached hydrogens (primary N) is 3. The van der Waals surface area contributed by atoms with Crippen LogP contribution in [0.2, 0.25) is 0 Å². The summed E-state index contributed by atoms with van der Waals surface area (Å²) < 4.78 is 0. The van der Waals surface area contributed by atoms with E-state index in [4.69, 9.17) is 17.2 Å². The van der Waals surface area contributed by atoms with Crippen LogP contribution in [0.1, 0.15) is 133 Å². The number of benzene rings is 1. The van der Waals surface area contributed by atoms with Crippen molar-refractivity contribution < 1.29 is 118 Å². The van der Waals surface area contributed by atoms with Crippen molar-refractivity contribution in [2.75, 3.05) is 19.8 Å². The number of aromatic nitrogens is 2. The first-order valence-corrected chi connectivity index (χ1v) is 36.8. The Kier molecular flexibility index (Phi) is 42.2. The van der Waals surface area contributed by atoms with Gasteiger partial charge in [-0.25, -0.2) is 9.78 Å². The van der Waals surface area contributed by atoms with Crippen molar-refractivity contribution in [2.45, 2.75) is 243 Å². The summed E-state index contributed by atoms with van der Waals surface area (Å²) in [5, 5.41) is 113. The average Bonchev–Trinajstić information content (AvgIpc) is 1.66. The number of carboxylic acids is 2. The summed E-state index contributed by atoms with van der Waals surface area (Å²) >= 11 is 0. The highest BCUT2D eigenvalue weighted by atomic mass is 16.4. The number of nitrogens with zero attached hydrogens (tertiary/aromatic N) is 2. The molecule has 0 fully saturated rings. The van der Waals surface area contributed by atoms with Crippen molar-refractivity contribution in [3.8, 4) is 5.75 Å². The van der Waals surface area contributed by atoms with Crippen LogP contribution in [-0.2, 0) is 89.6 Å². The second kappa shape index (κ2) is 48.6. The maximum atomic E-state index is 14.3. The average molecular weight is 1620 g/mol. The molecule has 1 heterocycles. The number of imidazole rings is 1. The number of hydrogen-bond acceptors (Lipinski definition) is 25. The zero-order valence-electron chi connectivity index (χ0n) is 65.6. The number of aliphatic hydroxyl groups excluding tert-OH is 5. The maximum Gasteiger partial charge on any atom is 0.328 e. The summed E-state index contributed by atoms with van der Waals surface area (Å²) in [5.74, 6) is -20.2. The molecular weight excluding hydrogens is 1500 g/mol. The summed E-state index contributed by atoms with van der Waals surface area (Å²) in [6.07, 6.45) is -4.25. The number of rotatable bonds is 50. The second-order valence-corrected chi connectivity index (χ2v) is 28.4. The van der Waals surface area contributed by atoms with Crippen LogP contribution in [0.25, 0.3) is 0 Å². The first-order chi connectivity index (χ1) is 53.2. The molecule has 44 nitrogen and oxygen atoms in total. The molecule has 0 aliphatic carbocycles. The number of phenols is 1. The van der Waals surface area contributed by atoms with Crippen LogP contribution in [0.15, 0.2) is 41.8 Å². The lowest BCUT2D eigenvalue weighted by Gasteiger charge is -2.29. The van der Waals surface area contributed by atoms with Gasteiger partial charge in [-0.1, -0.05) is 60.1 Å². The van der Waals surface area contributed by atoms with E-state index >= 15 is 0 Å². The molecule has 44 heteroatoms. The molecule has 14 amide bonds. The monoisotopic (exact) mass is 1620 g/mol. The third-order valence-corrected chi connectivity index (χ3v) is 17.5. The van der Waals surface area contributed by atoms with Crippen LogP contribution in [0.3, 0.4) is 0 Å². The van der Waals surface area contributed by atoms with Gasteiger partial charge in [0.25, 0.3) is 0 Å². The number of carbonyl (C=O) groups excluding carboxylic acids is 14. The van der Waals surface area contributed by atoms with Gasteiger partial charge in [-0.15, -0.1) is 0 Å². The molecule has 2 rings (SSSR count). The number of aromatic amines is 1. The lowest BCUT2D eigenvalue weighted by molar-refractivity contribution is -0.146. The molecular formula is C70H114N20O24. The number of aliphatic hydroxyl groups is 5. The Morgan fingerprint density at radius 2 is 0.816 bits per heavy atom. The predicted octanol–water partition coefficient (Wildman–Crippen LogP) is -9.05. The number of phenolic OH excluding ortho intramolecular Hbond substituents is 1. The predicted molar refractivity (Wildman–Crippen MR) is 404 cm³/mol. The van der Waals surface area contributed by atoms with E-state index in [-0.39, 0.29) is 68.4 Å². The number of aliphatic carboxylic acids is 2. The quantitative estimate of drug-likeness (QED) is 0.0166. The SMILES string of the molecule is CC[C@H](C)[C@H](NC(=O)[C@@H](N)Cc1ccc(O)cc1)C(=O)N[C@@H](C)C(=O)N[C@@H](CO)C(=O)N[C@@H](C)C(=O)N[C@@H](CCCN=C(N)N)C(=O)N[C@@H](CO)C(=O)N[C@@H](CC(=O)O)C(=O)N[C@@H](CC(C)C)C(=O)N[C@@H](C)C(=O)N[C@@H](Cc1cnc[nH]1)C(=O)N[C@@H](CC(C)C)C(=O)N[C@H](C(=O)N[C@H](C(=O)N[C@H](C(=O)O)[C@@H](C)O)[C@@H](C)O)[C@@H](C)O. The molecule has 19 atom stereocenters. The molecule has 0 radical (unpaired) electrons. The van der Waals surface area contributed by atoms with Gasteiger partial charge in [0.05, 0.1) is 50.3 Å². The highest BCUT2D eigenvalue weighted by Gasteiger charge is 2.40. The topological polar surface area (TPSA) is 722 Å². The van der Waals surface area contributed by atoms with E-state index in [2.05, 4.69) is 84.1 Å². The van der Waals surface area contributed by atoms with E-state index in [1.165, 1.54) is 38.5 Å². The lowest BCUT2D eigenvalue weighted by atomic mass is 9.97. The van der Waals surface area contributed by atoms with E-state index in [0.717, 1.165) is 27.7 Å². The smallest absolute Gasteiger partial charge is 0.328 e. The van der Waals surface area contributed by atoms with Gasteiger partial charge < -0.3 is 137 Å². The summed E-state index contributed by atoms with van der Waals surface area (Å²) in [5.41, 5.74) is 17.9. The number of H-pyrrole nitrogens is 1. The number of aromatic hydroxyl groups is 1. The summed E-state index contributed by atoms with van der Waals surface area (Å²) in [6.45, 7) is 14.4. The molecule has 1 aromatic carbocycles. The van der Waals surface area contributed by atoms with Gasteiger partial charge in [0.15, 0.2) is 12.0 Å². The van der Waals surface area contributed by atoms with E-state index in [1.54, 1.807) is 53.7 Å². The van der Waals surface area contributed by atoms with E-state index in [1.807, 2.05) is 5.32 Å². The molecule has 29 N–H and O–H groups in total. The molecule has 0 bridgehead atoms. The lowest BCUT2D eigenvalue weighted by Crippen LogP contribution is -2.63. The minimum atomic E-state index is -2.06. The number of guanidine groups is 1. The van der Waals surface area contributed by atoms with Gasteiger partial charge in [-0.3, -0.25) is 76.9 Å². The first-order valence-electron chi connectivity index (χ1n) is 36.8. The summed E-state index contributed by atoms with van der Waals surface area (Å²) in [7, 11) is 0. The Hall–Kier alpha value is -11.2. The van der Waals surface area contributed by atoms with Gasteiger partial charge in [0.2, 0.25) is 82.7 Å².